The number of rotatable bonds is 9. The van der Waals surface area contributed by atoms with Crippen LogP contribution in [0.2, 0.25) is 0 Å². The highest BCUT2D eigenvalue weighted by atomic mass is 16.8. The van der Waals surface area contributed by atoms with Crippen molar-refractivity contribution in [3.8, 4) is 40.1 Å². The van der Waals surface area contributed by atoms with Gasteiger partial charge in [-0.1, -0.05) is 0 Å². The zero-order valence-electron chi connectivity index (χ0n) is 28.0. The number of aliphatic hydroxyl groups is 9. The van der Waals surface area contributed by atoms with Crippen LogP contribution in [0, 0.1) is 0 Å². The second-order valence-corrected chi connectivity index (χ2v) is 13.1. The van der Waals surface area contributed by atoms with Crippen molar-refractivity contribution >= 4 is 11.0 Å². The molecule has 0 bridgehead atoms. The second kappa shape index (κ2) is 15.7. The summed E-state index contributed by atoms with van der Waals surface area (Å²) in [4.78, 5) is 14.1. The van der Waals surface area contributed by atoms with Gasteiger partial charge in [-0.2, -0.15) is 0 Å². The van der Waals surface area contributed by atoms with Crippen molar-refractivity contribution in [2.24, 2.45) is 0 Å². The number of benzene rings is 2. The molecule has 3 saturated heterocycles. The van der Waals surface area contributed by atoms with Crippen LogP contribution >= 0.6 is 0 Å². The van der Waals surface area contributed by atoms with Crippen molar-refractivity contribution in [3.05, 3.63) is 40.6 Å². The normalized spacial score (nSPS) is 37.3. The molecule has 2 aromatic carbocycles. The average molecular weight is 773 g/mol. The Labute approximate surface area is 303 Å². The first-order valence-electron chi connectivity index (χ1n) is 16.5. The highest BCUT2D eigenvalue weighted by Gasteiger charge is 2.52. The molecule has 21 heteroatoms. The number of ether oxygens (including phenoxy) is 6. The average Bonchev–Trinajstić information content (AvgIpc) is 3.13. The first-order chi connectivity index (χ1) is 25.5. The monoisotopic (exact) mass is 772 g/mol. The third-order valence-electron chi connectivity index (χ3n) is 9.41. The van der Waals surface area contributed by atoms with Crippen LogP contribution in [-0.2, 0) is 23.7 Å². The minimum Gasteiger partial charge on any atom is -0.508 e. The van der Waals surface area contributed by atoms with E-state index in [4.69, 9.17) is 32.8 Å². The fraction of sp³-hybridized carbons (Fsp3) is 0.545. The van der Waals surface area contributed by atoms with Crippen LogP contribution in [0.1, 0.15) is 6.92 Å². The number of aromatic hydroxyl groups is 4. The molecule has 3 aliphatic heterocycles. The van der Waals surface area contributed by atoms with Gasteiger partial charge >= 0.3 is 0 Å². The van der Waals surface area contributed by atoms with Crippen molar-refractivity contribution in [2.75, 3.05) is 13.2 Å². The maximum atomic E-state index is 14.1. The first kappa shape index (κ1) is 39.8. The van der Waals surface area contributed by atoms with Gasteiger partial charge in [-0.25, -0.2) is 0 Å². The van der Waals surface area contributed by atoms with Crippen LogP contribution < -0.4 is 10.2 Å². The van der Waals surface area contributed by atoms with E-state index in [1.807, 2.05) is 0 Å². The summed E-state index contributed by atoms with van der Waals surface area (Å²) in [7, 11) is 0. The Bertz CT molecular complexity index is 1850. The van der Waals surface area contributed by atoms with Gasteiger partial charge in [-0.05, 0) is 25.1 Å². The maximum absolute atomic E-state index is 14.1. The van der Waals surface area contributed by atoms with Gasteiger partial charge in [0.2, 0.25) is 17.5 Å². The van der Waals surface area contributed by atoms with Gasteiger partial charge in [0, 0.05) is 17.7 Å². The minimum absolute atomic E-state index is 0.115. The highest BCUT2D eigenvalue weighted by Crippen LogP contribution is 2.40. The van der Waals surface area contributed by atoms with Gasteiger partial charge in [0.25, 0.3) is 0 Å². The number of phenols is 4. The first-order valence-corrected chi connectivity index (χ1v) is 16.5. The van der Waals surface area contributed by atoms with Crippen molar-refractivity contribution < 1.29 is 99.2 Å². The Kier molecular flexibility index (Phi) is 11.5. The lowest BCUT2D eigenvalue weighted by molar-refractivity contribution is -0.360. The van der Waals surface area contributed by atoms with Crippen LogP contribution in [0.4, 0.5) is 0 Å². The topological polar surface area (TPSA) is 349 Å². The van der Waals surface area contributed by atoms with Gasteiger partial charge in [0.15, 0.2) is 35.9 Å². The van der Waals surface area contributed by atoms with Crippen LogP contribution in [0.5, 0.6) is 28.7 Å². The zero-order valence-corrected chi connectivity index (χ0v) is 28.0. The molecule has 0 amide bonds. The molecule has 4 heterocycles. The Balaban J connectivity index is 1.40. The summed E-state index contributed by atoms with van der Waals surface area (Å²) in [6.07, 6.45) is -26.5. The predicted molar refractivity (Wildman–Crippen MR) is 173 cm³/mol. The van der Waals surface area contributed by atoms with Crippen LogP contribution in [-0.4, -0.2) is 172 Å². The molecule has 0 saturated carbocycles. The Morgan fingerprint density at radius 3 is 2.00 bits per heavy atom. The number of hydrogen-bond donors (Lipinski definition) is 13. The molecule has 15 atom stereocenters. The maximum Gasteiger partial charge on any atom is 0.239 e. The predicted octanol–water partition coefficient (Wildman–Crippen LogP) is -3.86. The fourth-order valence-electron chi connectivity index (χ4n) is 6.30. The van der Waals surface area contributed by atoms with Gasteiger partial charge in [-0.15, -0.1) is 0 Å². The number of phenolic OH excluding ortho intramolecular Hbond substituents is 4. The summed E-state index contributed by atoms with van der Waals surface area (Å²) < 4.78 is 39.8. The van der Waals surface area contributed by atoms with E-state index in [0.29, 0.717) is 0 Å². The van der Waals surface area contributed by atoms with Gasteiger partial charge < -0.3 is 99.2 Å². The molecule has 13 N–H and O–H groups in total. The Morgan fingerprint density at radius 2 is 1.31 bits per heavy atom. The summed E-state index contributed by atoms with van der Waals surface area (Å²) in [5.41, 5.74) is -1.60. The second-order valence-electron chi connectivity index (χ2n) is 13.1. The molecule has 21 nitrogen and oxygen atoms in total. The molecule has 298 valence electrons. The molecule has 1 aromatic heterocycles. The lowest BCUT2D eigenvalue weighted by Crippen LogP contribution is -2.65. The molecule has 54 heavy (non-hydrogen) atoms. The number of aliphatic hydroxyl groups excluding tert-OH is 9. The van der Waals surface area contributed by atoms with E-state index >= 15 is 0 Å². The highest BCUT2D eigenvalue weighted by molar-refractivity contribution is 5.88. The van der Waals surface area contributed by atoms with E-state index in [-0.39, 0.29) is 11.1 Å². The summed E-state index contributed by atoms with van der Waals surface area (Å²) in [5, 5.41) is 134. The van der Waals surface area contributed by atoms with Crippen LogP contribution in [0.3, 0.4) is 0 Å². The molecule has 3 aromatic rings. The van der Waals surface area contributed by atoms with Crippen molar-refractivity contribution in [1.82, 2.24) is 0 Å². The third kappa shape index (κ3) is 7.39. The zero-order chi connectivity index (χ0) is 39.3. The largest absolute Gasteiger partial charge is 0.508 e. The fourth-order valence-corrected chi connectivity index (χ4v) is 6.30. The number of fused-ring (bicyclic) bond motifs is 1. The van der Waals surface area contributed by atoms with E-state index in [1.54, 1.807) is 0 Å². The van der Waals surface area contributed by atoms with Gasteiger partial charge in [-0.3, -0.25) is 4.79 Å². The summed E-state index contributed by atoms with van der Waals surface area (Å²) in [5.74, 6) is -3.79. The molecule has 0 radical (unpaired) electrons. The van der Waals surface area contributed by atoms with Crippen LogP contribution in [0.25, 0.3) is 22.3 Å². The van der Waals surface area contributed by atoms with E-state index in [2.05, 4.69) is 0 Å². The smallest absolute Gasteiger partial charge is 0.239 e. The van der Waals surface area contributed by atoms with E-state index in [0.717, 1.165) is 24.3 Å². The molecule has 3 fully saturated rings. The van der Waals surface area contributed by atoms with E-state index in [1.165, 1.54) is 13.0 Å². The van der Waals surface area contributed by atoms with Crippen molar-refractivity contribution in [3.63, 3.8) is 0 Å². The van der Waals surface area contributed by atoms with Crippen molar-refractivity contribution in [2.45, 2.75) is 99.0 Å². The summed E-state index contributed by atoms with van der Waals surface area (Å²) in [6, 6.07) is 5.02. The molecule has 0 unspecified atom stereocenters. The quantitative estimate of drug-likeness (QED) is 0.0925. The van der Waals surface area contributed by atoms with Crippen molar-refractivity contribution in [1.29, 1.82) is 0 Å². The van der Waals surface area contributed by atoms with E-state index in [9.17, 15) is 71.2 Å². The standard InChI is InChI=1S/C33H40O21/c1-9-19(39)23(43)27(47)32(49-9)54-30-25(45)21(41)17(8-48-31-26(46)24(44)20(40)16(7-34)51-31)52-33(30)53-29-22(42)18-14(38)5-11(35)6-15(18)50-28(29)10-2-3-12(36)13(37)4-10/h2-6,9,16-17,19-21,23-27,30-41,43-47H,7-8H2,1H3/t9-,16-,17-,19-,20-,21-,23-,24-,25-,26+,27-,30-,31+,32-,33+/m0/s1. The summed E-state index contributed by atoms with van der Waals surface area (Å²) in [6.45, 7) is -0.225. The van der Waals surface area contributed by atoms with E-state index < -0.39 is 151 Å². The Morgan fingerprint density at radius 1 is 0.667 bits per heavy atom. The third-order valence-corrected chi connectivity index (χ3v) is 9.41. The lowest BCUT2D eigenvalue weighted by atomic mass is 9.97. The molecular weight excluding hydrogens is 732 g/mol. The molecule has 6 rings (SSSR count). The number of hydrogen-bond acceptors (Lipinski definition) is 21. The Hall–Kier alpha value is -3.91. The molecular formula is C33H40O21. The lowest BCUT2D eigenvalue weighted by Gasteiger charge is -2.46. The van der Waals surface area contributed by atoms with Gasteiger partial charge in [0.1, 0.15) is 83.5 Å². The molecule has 3 aliphatic rings. The SMILES string of the molecule is C[C@@H]1O[C@@H](O[C@@H]2[C@@H](Oc3c(-c4ccc(O)c(O)c4)oc4cc(O)cc(O)c4c3=O)O[C@@H](CO[C@@H]3O[C@@H](CO)[C@H](O)[C@H](O)[C@H]3O)[C@H](O)[C@@H]2O)[C@@H](O)[C@@H](O)[C@H]1O. The molecule has 0 aliphatic carbocycles. The van der Waals surface area contributed by atoms with Gasteiger partial charge in [0.05, 0.1) is 19.3 Å². The minimum atomic E-state index is -2.08. The van der Waals surface area contributed by atoms with Crippen LogP contribution in [0.15, 0.2) is 39.5 Å². The summed E-state index contributed by atoms with van der Waals surface area (Å²) >= 11 is 0. The molecule has 0 spiro atoms.